The Morgan fingerprint density at radius 2 is 2.05 bits per heavy atom. The zero-order valence-electron chi connectivity index (χ0n) is 12.4. The highest BCUT2D eigenvalue weighted by Gasteiger charge is 2.29. The van der Waals surface area contributed by atoms with E-state index in [0.717, 1.165) is 23.9 Å². The number of hydrogen-bond donors (Lipinski definition) is 1. The predicted molar refractivity (Wildman–Crippen MR) is 77.1 cm³/mol. The molecule has 1 aliphatic rings. The van der Waals surface area contributed by atoms with Gasteiger partial charge in [-0.05, 0) is 31.6 Å². The second-order valence-corrected chi connectivity index (χ2v) is 5.63. The first-order chi connectivity index (χ1) is 9.21. The molecule has 1 heterocycles. The molecule has 1 aliphatic carbocycles. The fourth-order valence-corrected chi connectivity index (χ4v) is 3.30. The van der Waals surface area contributed by atoms with Crippen LogP contribution in [0.1, 0.15) is 57.7 Å². The van der Waals surface area contributed by atoms with Gasteiger partial charge in [0.25, 0.3) is 0 Å². The summed E-state index contributed by atoms with van der Waals surface area (Å²) in [6.07, 6.45) is 8.19. The van der Waals surface area contributed by atoms with Gasteiger partial charge in [0.05, 0.1) is 25.0 Å². The van der Waals surface area contributed by atoms with Gasteiger partial charge in [0.1, 0.15) is 0 Å². The monoisotopic (exact) mass is 265 g/mol. The van der Waals surface area contributed by atoms with Crippen molar-refractivity contribution in [2.45, 2.75) is 58.5 Å². The van der Waals surface area contributed by atoms with E-state index in [9.17, 15) is 0 Å². The molecule has 4 heteroatoms. The van der Waals surface area contributed by atoms with E-state index < -0.39 is 0 Å². The van der Waals surface area contributed by atoms with Crippen LogP contribution in [0.4, 0.5) is 0 Å². The molecule has 4 nitrogen and oxygen atoms in total. The number of aryl methyl sites for hydroxylation is 1. The minimum absolute atomic E-state index is 0.0511. The lowest BCUT2D eigenvalue weighted by Gasteiger charge is -2.32. The number of aromatic nitrogens is 2. The SMILES string of the molecule is CCC1CCC(C(N)c2c(OC)cnn2CC)CC1. The lowest BCUT2D eigenvalue weighted by molar-refractivity contribution is 0.232. The molecular formula is C15H27N3O. The van der Waals surface area contributed by atoms with Crippen molar-refractivity contribution in [2.75, 3.05) is 7.11 Å². The molecule has 0 bridgehead atoms. The lowest BCUT2D eigenvalue weighted by Crippen LogP contribution is -2.28. The number of nitrogens with two attached hydrogens (primary N) is 1. The Labute approximate surface area is 116 Å². The summed E-state index contributed by atoms with van der Waals surface area (Å²) in [7, 11) is 1.70. The first-order valence-electron chi connectivity index (χ1n) is 7.56. The summed E-state index contributed by atoms with van der Waals surface area (Å²) in [4.78, 5) is 0. The molecule has 0 radical (unpaired) electrons. The van der Waals surface area contributed by atoms with E-state index in [1.807, 2.05) is 4.68 Å². The maximum Gasteiger partial charge on any atom is 0.161 e. The molecule has 1 aromatic heterocycles. The second-order valence-electron chi connectivity index (χ2n) is 5.63. The molecule has 2 N–H and O–H groups in total. The number of methoxy groups -OCH3 is 1. The lowest BCUT2D eigenvalue weighted by atomic mass is 9.77. The highest BCUT2D eigenvalue weighted by Crippen LogP contribution is 2.39. The summed E-state index contributed by atoms with van der Waals surface area (Å²) in [5.41, 5.74) is 7.59. The summed E-state index contributed by atoms with van der Waals surface area (Å²) < 4.78 is 7.40. The minimum atomic E-state index is 0.0511. The Bertz CT molecular complexity index is 373. The van der Waals surface area contributed by atoms with Gasteiger partial charge in [-0.25, -0.2) is 0 Å². The standard InChI is InChI=1S/C15H27N3O/c1-4-11-6-8-12(9-7-11)14(16)15-13(19-3)10-17-18(15)5-2/h10-12,14H,4-9,16H2,1-3H3. The maximum absolute atomic E-state index is 6.51. The van der Waals surface area contributed by atoms with Crippen molar-refractivity contribution in [3.8, 4) is 5.75 Å². The molecule has 1 unspecified atom stereocenters. The van der Waals surface area contributed by atoms with E-state index >= 15 is 0 Å². The van der Waals surface area contributed by atoms with Gasteiger partial charge in [0.15, 0.2) is 5.75 Å². The van der Waals surface area contributed by atoms with Crippen LogP contribution in [0, 0.1) is 11.8 Å². The van der Waals surface area contributed by atoms with Crippen molar-refractivity contribution in [2.24, 2.45) is 17.6 Å². The van der Waals surface area contributed by atoms with Crippen LogP contribution in [0.3, 0.4) is 0 Å². The van der Waals surface area contributed by atoms with E-state index in [0.29, 0.717) is 5.92 Å². The number of ether oxygens (including phenoxy) is 1. The van der Waals surface area contributed by atoms with Crippen LogP contribution in [0.25, 0.3) is 0 Å². The topological polar surface area (TPSA) is 53.1 Å². The highest BCUT2D eigenvalue weighted by molar-refractivity contribution is 5.28. The Balaban J connectivity index is 2.11. The van der Waals surface area contributed by atoms with Gasteiger partial charge in [0, 0.05) is 6.54 Å². The quantitative estimate of drug-likeness (QED) is 0.890. The van der Waals surface area contributed by atoms with Crippen molar-refractivity contribution in [3.05, 3.63) is 11.9 Å². The van der Waals surface area contributed by atoms with Crippen molar-refractivity contribution in [1.82, 2.24) is 9.78 Å². The third-order valence-corrected chi connectivity index (χ3v) is 4.66. The van der Waals surface area contributed by atoms with Crippen LogP contribution in [0.2, 0.25) is 0 Å². The van der Waals surface area contributed by atoms with Gasteiger partial charge in [-0.2, -0.15) is 5.10 Å². The van der Waals surface area contributed by atoms with Crippen LogP contribution >= 0.6 is 0 Å². The number of hydrogen-bond acceptors (Lipinski definition) is 3. The van der Waals surface area contributed by atoms with Crippen LogP contribution in [0.5, 0.6) is 5.75 Å². The molecule has 0 aromatic carbocycles. The molecule has 1 atom stereocenters. The van der Waals surface area contributed by atoms with E-state index in [1.54, 1.807) is 13.3 Å². The van der Waals surface area contributed by atoms with Gasteiger partial charge in [-0.1, -0.05) is 26.2 Å². The molecule has 108 valence electrons. The van der Waals surface area contributed by atoms with E-state index in [1.165, 1.54) is 32.1 Å². The fourth-order valence-electron chi connectivity index (χ4n) is 3.30. The summed E-state index contributed by atoms with van der Waals surface area (Å²) >= 11 is 0. The summed E-state index contributed by atoms with van der Waals surface area (Å²) in [6.45, 7) is 5.23. The van der Waals surface area contributed by atoms with Crippen molar-refractivity contribution >= 4 is 0 Å². The molecule has 1 saturated carbocycles. The number of rotatable bonds is 5. The molecule has 19 heavy (non-hydrogen) atoms. The fraction of sp³-hybridized carbons (Fsp3) is 0.800. The smallest absolute Gasteiger partial charge is 0.161 e. The van der Waals surface area contributed by atoms with Crippen LogP contribution < -0.4 is 10.5 Å². The Morgan fingerprint density at radius 1 is 1.37 bits per heavy atom. The summed E-state index contributed by atoms with van der Waals surface area (Å²) in [6, 6.07) is 0.0511. The molecule has 0 saturated heterocycles. The Morgan fingerprint density at radius 3 is 2.58 bits per heavy atom. The number of nitrogens with zero attached hydrogens (tertiary/aromatic N) is 2. The Kier molecular flexibility index (Phi) is 4.86. The van der Waals surface area contributed by atoms with Crippen molar-refractivity contribution in [3.63, 3.8) is 0 Å². The van der Waals surface area contributed by atoms with Crippen molar-refractivity contribution < 1.29 is 4.74 Å². The first-order valence-corrected chi connectivity index (χ1v) is 7.56. The summed E-state index contributed by atoms with van der Waals surface area (Å²) in [5, 5.41) is 4.36. The average Bonchev–Trinajstić information content (AvgIpc) is 2.89. The zero-order chi connectivity index (χ0) is 13.8. The normalized spacial score (nSPS) is 25.3. The molecule has 1 fully saturated rings. The van der Waals surface area contributed by atoms with Crippen LogP contribution in [0.15, 0.2) is 6.20 Å². The van der Waals surface area contributed by atoms with E-state index in [4.69, 9.17) is 10.5 Å². The van der Waals surface area contributed by atoms with Gasteiger partial charge in [0.2, 0.25) is 0 Å². The largest absolute Gasteiger partial charge is 0.493 e. The van der Waals surface area contributed by atoms with E-state index in [2.05, 4.69) is 18.9 Å². The third kappa shape index (κ3) is 2.94. The summed E-state index contributed by atoms with van der Waals surface area (Å²) in [5.74, 6) is 2.31. The zero-order valence-corrected chi connectivity index (χ0v) is 12.4. The van der Waals surface area contributed by atoms with Gasteiger partial charge >= 0.3 is 0 Å². The molecule has 0 amide bonds. The van der Waals surface area contributed by atoms with Gasteiger partial charge in [-0.3, -0.25) is 4.68 Å². The molecular weight excluding hydrogens is 238 g/mol. The molecule has 0 aliphatic heterocycles. The van der Waals surface area contributed by atoms with Crippen molar-refractivity contribution in [1.29, 1.82) is 0 Å². The van der Waals surface area contributed by atoms with Gasteiger partial charge < -0.3 is 10.5 Å². The average molecular weight is 265 g/mol. The van der Waals surface area contributed by atoms with Crippen LogP contribution in [-0.2, 0) is 6.54 Å². The third-order valence-electron chi connectivity index (χ3n) is 4.66. The van der Waals surface area contributed by atoms with Gasteiger partial charge in [-0.15, -0.1) is 0 Å². The highest BCUT2D eigenvalue weighted by atomic mass is 16.5. The molecule has 1 aromatic rings. The van der Waals surface area contributed by atoms with Crippen LogP contribution in [-0.4, -0.2) is 16.9 Å². The molecule has 2 rings (SSSR count). The predicted octanol–water partition coefficient (Wildman–Crippen LogP) is 3.13. The Hall–Kier alpha value is -1.03. The van der Waals surface area contributed by atoms with E-state index in [-0.39, 0.29) is 6.04 Å². The maximum atomic E-state index is 6.51. The minimum Gasteiger partial charge on any atom is -0.493 e. The molecule has 0 spiro atoms. The first kappa shape index (κ1) is 14.4. The second kappa shape index (κ2) is 6.42.